The Morgan fingerprint density at radius 1 is 0.906 bits per heavy atom. The molecule has 0 spiro atoms. The van der Waals surface area contributed by atoms with E-state index in [1.165, 1.54) is 0 Å². The lowest BCUT2D eigenvalue weighted by Gasteiger charge is -2.07. The van der Waals surface area contributed by atoms with Crippen LogP contribution < -0.4 is 9.47 Å². The van der Waals surface area contributed by atoms with Crippen molar-refractivity contribution >= 4 is 17.9 Å². The Morgan fingerprint density at radius 2 is 1.72 bits per heavy atom. The molecule has 162 valence electrons. The number of ether oxygens (including phenoxy) is 3. The molecule has 4 rings (SSSR count). The van der Waals surface area contributed by atoms with Crippen molar-refractivity contribution in [3.8, 4) is 11.5 Å². The van der Waals surface area contributed by atoms with E-state index in [4.69, 9.17) is 14.2 Å². The molecule has 1 aliphatic rings. The number of hydrogen-bond acceptors (Lipinski definition) is 5. The van der Waals surface area contributed by atoms with Crippen molar-refractivity contribution in [2.24, 2.45) is 4.99 Å². The Hall–Kier alpha value is -3.86. The number of hydrogen-bond donors (Lipinski definition) is 0. The van der Waals surface area contributed by atoms with Gasteiger partial charge in [-0.3, -0.25) is 0 Å². The molecule has 0 saturated heterocycles. The quantitative estimate of drug-likeness (QED) is 0.246. The molecule has 0 unspecified atom stereocenters. The molecule has 1 aliphatic heterocycles. The highest BCUT2D eigenvalue weighted by molar-refractivity contribution is 6.12. The third kappa shape index (κ3) is 5.64. The summed E-state index contributed by atoms with van der Waals surface area (Å²) in [7, 11) is 0. The van der Waals surface area contributed by atoms with E-state index >= 15 is 0 Å². The van der Waals surface area contributed by atoms with Crippen molar-refractivity contribution in [1.29, 1.82) is 0 Å². The van der Waals surface area contributed by atoms with Crippen LogP contribution in [-0.2, 0) is 16.1 Å². The summed E-state index contributed by atoms with van der Waals surface area (Å²) >= 11 is 0. The van der Waals surface area contributed by atoms with Gasteiger partial charge < -0.3 is 14.2 Å². The maximum atomic E-state index is 12.3. The van der Waals surface area contributed by atoms with Gasteiger partial charge in [-0.15, -0.1) is 0 Å². The Morgan fingerprint density at radius 3 is 2.50 bits per heavy atom. The molecule has 0 bridgehead atoms. The number of carbonyl (C=O) groups is 1. The zero-order chi connectivity index (χ0) is 22.2. The standard InChI is InChI=1S/C27H25NO4/c1-2-3-16-30-23-14-12-22(13-15-23)26-28-25(27(29)32-26)18-21-10-7-11-24(17-21)31-19-20-8-5-4-6-9-20/h4-15,17-18H,2-3,16,19H2,1H3/b25-18+. The summed E-state index contributed by atoms with van der Waals surface area (Å²) in [6.45, 7) is 3.29. The largest absolute Gasteiger partial charge is 0.494 e. The fourth-order valence-corrected chi connectivity index (χ4v) is 3.15. The lowest BCUT2D eigenvalue weighted by Crippen LogP contribution is -2.05. The molecule has 1 heterocycles. The first-order chi connectivity index (χ1) is 15.7. The number of aliphatic imine (C=N–C) groups is 1. The molecule has 0 amide bonds. The van der Waals surface area contributed by atoms with Crippen LogP contribution in [0.25, 0.3) is 6.08 Å². The second kappa shape index (κ2) is 10.4. The molecule has 0 atom stereocenters. The highest BCUT2D eigenvalue weighted by atomic mass is 16.6. The van der Waals surface area contributed by atoms with Crippen molar-refractivity contribution in [2.45, 2.75) is 26.4 Å². The normalized spacial score (nSPS) is 14.2. The molecule has 0 saturated carbocycles. The number of unbranched alkanes of at least 4 members (excludes halogenated alkanes) is 1. The number of benzene rings is 3. The summed E-state index contributed by atoms with van der Waals surface area (Å²) < 4.78 is 16.9. The van der Waals surface area contributed by atoms with Gasteiger partial charge in [-0.2, -0.15) is 0 Å². The first kappa shape index (κ1) is 21.4. The van der Waals surface area contributed by atoms with Crippen LogP contribution in [0, 0.1) is 0 Å². The van der Waals surface area contributed by atoms with Crippen molar-refractivity contribution in [1.82, 2.24) is 0 Å². The van der Waals surface area contributed by atoms with Gasteiger partial charge in [0.15, 0.2) is 5.70 Å². The number of rotatable bonds is 9. The van der Waals surface area contributed by atoms with Crippen LogP contribution in [0.4, 0.5) is 0 Å². The van der Waals surface area contributed by atoms with Gasteiger partial charge in [0.2, 0.25) is 5.90 Å². The second-order valence-electron chi connectivity index (χ2n) is 7.41. The van der Waals surface area contributed by atoms with Crippen LogP contribution in [0.3, 0.4) is 0 Å². The summed E-state index contributed by atoms with van der Waals surface area (Å²) in [5.41, 5.74) is 2.88. The highest BCUT2D eigenvalue weighted by Gasteiger charge is 2.24. The van der Waals surface area contributed by atoms with Crippen molar-refractivity contribution in [3.05, 3.63) is 101 Å². The minimum atomic E-state index is -0.473. The molecular weight excluding hydrogens is 402 g/mol. The van der Waals surface area contributed by atoms with Gasteiger partial charge in [0.25, 0.3) is 0 Å². The molecule has 3 aromatic carbocycles. The first-order valence-electron chi connectivity index (χ1n) is 10.7. The Balaban J connectivity index is 1.44. The van der Waals surface area contributed by atoms with Crippen LogP contribution in [-0.4, -0.2) is 18.5 Å². The van der Waals surface area contributed by atoms with Crippen molar-refractivity contribution in [2.75, 3.05) is 6.61 Å². The second-order valence-corrected chi connectivity index (χ2v) is 7.41. The third-order valence-electron chi connectivity index (χ3n) is 4.90. The van der Waals surface area contributed by atoms with E-state index in [2.05, 4.69) is 11.9 Å². The van der Waals surface area contributed by atoms with E-state index in [0.717, 1.165) is 41.0 Å². The van der Waals surface area contributed by atoms with E-state index in [-0.39, 0.29) is 11.6 Å². The molecular formula is C27H25NO4. The maximum absolute atomic E-state index is 12.3. The highest BCUT2D eigenvalue weighted by Crippen LogP contribution is 2.23. The number of carbonyl (C=O) groups excluding carboxylic acids is 1. The van der Waals surface area contributed by atoms with Crippen LogP contribution >= 0.6 is 0 Å². The van der Waals surface area contributed by atoms with Crippen molar-refractivity contribution in [3.63, 3.8) is 0 Å². The average Bonchev–Trinajstić information content (AvgIpc) is 3.19. The fraction of sp³-hybridized carbons (Fsp3) is 0.185. The molecule has 5 heteroatoms. The van der Waals surface area contributed by atoms with Crippen LogP contribution in [0.2, 0.25) is 0 Å². The molecule has 0 fully saturated rings. The first-order valence-corrected chi connectivity index (χ1v) is 10.7. The zero-order valence-electron chi connectivity index (χ0n) is 18.0. The van der Waals surface area contributed by atoms with Gasteiger partial charge >= 0.3 is 5.97 Å². The van der Waals surface area contributed by atoms with E-state index in [1.807, 2.05) is 78.9 Å². The molecule has 0 N–H and O–H groups in total. The summed E-state index contributed by atoms with van der Waals surface area (Å²) in [6.07, 6.45) is 3.80. The Kier molecular flexibility index (Phi) is 6.98. The van der Waals surface area contributed by atoms with Crippen LogP contribution in [0.15, 0.2) is 89.6 Å². The topological polar surface area (TPSA) is 57.1 Å². The number of nitrogens with zero attached hydrogens (tertiary/aromatic N) is 1. The molecule has 3 aromatic rings. The van der Waals surface area contributed by atoms with Crippen LogP contribution in [0.1, 0.15) is 36.5 Å². The number of esters is 1. The lowest BCUT2D eigenvalue weighted by atomic mass is 10.2. The van der Waals surface area contributed by atoms with E-state index in [0.29, 0.717) is 13.2 Å². The lowest BCUT2D eigenvalue weighted by molar-refractivity contribution is -0.129. The van der Waals surface area contributed by atoms with Gasteiger partial charge in [0.1, 0.15) is 18.1 Å². The summed E-state index contributed by atoms with van der Waals surface area (Å²) in [5.74, 6) is 1.32. The van der Waals surface area contributed by atoms with E-state index < -0.39 is 5.97 Å². The summed E-state index contributed by atoms with van der Waals surface area (Å²) in [4.78, 5) is 16.7. The SMILES string of the molecule is CCCCOc1ccc(C2=N/C(=C/c3cccc(OCc4ccccc4)c3)C(=O)O2)cc1. The van der Waals surface area contributed by atoms with E-state index in [9.17, 15) is 4.79 Å². The minimum Gasteiger partial charge on any atom is -0.494 e. The molecule has 0 radical (unpaired) electrons. The Bertz CT molecular complexity index is 1120. The van der Waals surface area contributed by atoms with Gasteiger partial charge in [0, 0.05) is 5.56 Å². The van der Waals surface area contributed by atoms with Gasteiger partial charge in [-0.1, -0.05) is 55.8 Å². The number of cyclic esters (lactones) is 1. The monoisotopic (exact) mass is 427 g/mol. The zero-order valence-corrected chi connectivity index (χ0v) is 18.0. The van der Waals surface area contributed by atoms with Crippen molar-refractivity contribution < 1.29 is 19.0 Å². The smallest absolute Gasteiger partial charge is 0.363 e. The van der Waals surface area contributed by atoms with Gasteiger partial charge in [0.05, 0.1) is 6.61 Å². The molecule has 5 nitrogen and oxygen atoms in total. The summed E-state index contributed by atoms with van der Waals surface area (Å²) in [5, 5.41) is 0. The predicted molar refractivity (Wildman–Crippen MR) is 125 cm³/mol. The minimum absolute atomic E-state index is 0.253. The van der Waals surface area contributed by atoms with Gasteiger partial charge in [-0.05, 0) is 60.0 Å². The maximum Gasteiger partial charge on any atom is 0.363 e. The molecule has 0 aromatic heterocycles. The predicted octanol–water partition coefficient (Wildman–Crippen LogP) is 5.79. The van der Waals surface area contributed by atoms with E-state index in [1.54, 1.807) is 6.08 Å². The summed E-state index contributed by atoms with van der Waals surface area (Å²) in [6, 6.07) is 24.9. The molecule has 0 aliphatic carbocycles. The third-order valence-corrected chi connectivity index (χ3v) is 4.90. The molecule has 32 heavy (non-hydrogen) atoms. The van der Waals surface area contributed by atoms with Crippen LogP contribution in [0.5, 0.6) is 11.5 Å². The van der Waals surface area contributed by atoms with Gasteiger partial charge in [-0.25, -0.2) is 9.79 Å². The average molecular weight is 428 g/mol. The Labute approximate surface area is 188 Å². The fourth-order valence-electron chi connectivity index (χ4n) is 3.15.